The molecule has 9 heteroatoms. The number of hydrogen-bond acceptors (Lipinski definition) is 4. The average Bonchev–Trinajstić information content (AvgIpc) is 3.20. The van der Waals surface area contributed by atoms with E-state index in [-0.39, 0.29) is 30.0 Å². The average molecular weight is 492 g/mol. The maximum absolute atomic E-state index is 12.9. The van der Waals surface area contributed by atoms with Crippen LogP contribution in [0.4, 0.5) is 0 Å². The van der Waals surface area contributed by atoms with Gasteiger partial charge in [-0.3, -0.25) is 9.59 Å². The standard InChI is InChI=1S/C24H27Cl2N3O4/c1-14(2)23(31)29-20(10-15-11-27-19-8-4-3-6-17(15)19)24(32)28-12-16(30)13-33-21-9-5-7-18(25)22(21)26/h3-9,11,14,16,20,27,30H,10,12-13H2,1-2H3,(H,28,32)(H,29,31). The maximum Gasteiger partial charge on any atom is 0.243 e. The molecule has 0 saturated heterocycles. The number of ether oxygens (including phenoxy) is 1. The number of aromatic nitrogens is 1. The van der Waals surface area contributed by atoms with Crippen molar-refractivity contribution in [3.63, 3.8) is 0 Å². The lowest BCUT2D eigenvalue weighted by molar-refractivity contribution is -0.130. The van der Waals surface area contributed by atoms with Crippen molar-refractivity contribution in [3.8, 4) is 5.75 Å². The SMILES string of the molecule is CC(C)C(=O)NC(Cc1c[nH]c2ccccc12)C(=O)NCC(O)COc1cccc(Cl)c1Cl. The van der Waals surface area contributed by atoms with Gasteiger partial charge in [-0.1, -0.05) is 61.3 Å². The molecule has 7 nitrogen and oxygen atoms in total. The highest BCUT2D eigenvalue weighted by atomic mass is 35.5. The van der Waals surface area contributed by atoms with Crippen LogP contribution in [0.5, 0.6) is 5.75 Å². The molecule has 1 aromatic heterocycles. The molecular weight excluding hydrogens is 465 g/mol. The summed E-state index contributed by atoms with van der Waals surface area (Å²) in [5.41, 5.74) is 1.86. The van der Waals surface area contributed by atoms with Crippen LogP contribution in [-0.4, -0.2) is 47.2 Å². The highest BCUT2D eigenvalue weighted by Gasteiger charge is 2.24. The minimum atomic E-state index is -0.987. The van der Waals surface area contributed by atoms with Crippen LogP contribution in [0, 0.1) is 5.92 Å². The highest BCUT2D eigenvalue weighted by Crippen LogP contribution is 2.31. The molecule has 2 amide bonds. The molecule has 4 N–H and O–H groups in total. The molecule has 33 heavy (non-hydrogen) atoms. The molecule has 176 valence electrons. The summed E-state index contributed by atoms with van der Waals surface area (Å²) in [6.45, 7) is 3.38. The van der Waals surface area contributed by atoms with Gasteiger partial charge in [-0.25, -0.2) is 0 Å². The van der Waals surface area contributed by atoms with E-state index in [4.69, 9.17) is 27.9 Å². The van der Waals surface area contributed by atoms with Crippen LogP contribution >= 0.6 is 23.2 Å². The molecule has 2 atom stereocenters. The van der Waals surface area contributed by atoms with Crippen molar-refractivity contribution in [2.75, 3.05) is 13.2 Å². The van der Waals surface area contributed by atoms with E-state index in [9.17, 15) is 14.7 Å². The van der Waals surface area contributed by atoms with E-state index < -0.39 is 18.1 Å². The Morgan fingerprint density at radius 1 is 1.09 bits per heavy atom. The molecule has 0 fully saturated rings. The van der Waals surface area contributed by atoms with E-state index >= 15 is 0 Å². The number of rotatable bonds is 10. The number of carbonyl (C=O) groups excluding carboxylic acids is 2. The summed E-state index contributed by atoms with van der Waals surface area (Å²) < 4.78 is 5.51. The zero-order valence-electron chi connectivity index (χ0n) is 18.4. The number of aromatic amines is 1. The molecule has 0 radical (unpaired) electrons. The number of aliphatic hydroxyl groups is 1. The Kier molecular flexibility index (Phi) is 8.61. The first-order chi connectivity index (χ1) is 15.8. The number of para-hydroxylation sites is 1. The molecule has 2 unspecified atom stereocenters. The number of benzene rings is 2. The quantitative estimate of drug-likeness (QED) is 0.347. The predicted molar refractivity (Wildman–Crippen MR) is 130 cm³/mol. The molecular formula is C24H27Cl2N3O4. The summed E-state index contributed by atoms with van der Waals surface area (Å²) in [7, 11) is 0. The van der Waals surface area contributed by atoms with Crippen molar-refractivity contribution in [2.45, 2.75) is 32.4 Å². The number of halogens is 2. The molecule has 0 aliphatic carbocycles. The third-order valence-corrected chi connectivity index (χ3v) is 5.92. The Labute approximate surface area is 202 Å². The van der Waals surface area contributed by atoms with Crippen LogP contribution in [0.3, 0.4) is 0 Å². The Bertz CT molecular complexity index is 1120. The lowest BCUT2D eigenvalue weighted by Gasteiger charge is -2.21. The Morgan fingerprint density at radius 3 is 2.61 bits per heavy atom. The second-order valence-electron chi connectivity index (χ2n) is 8.04. The van der Waals surface area contributed by atoms with Gasteiger partial charge in [0, 0.05) is 36.0 Å². The minimum Gasteiger partial charge on any atom is -0.489 e. The molecule has 3 rings (SSSR count). The summed E-state index contributed by atoms with van der Waals surface area (Å²) >= 11 is 12.0. The predicted octanol–water partition coefficient (Wildman–Crippen LogP) is 3.71. The summed E-state index contributed by atoms with van der Waals surface area (Å²) in [4.78, 5) is 28.4. The van der Waals surface area contributed by atoms with Gasteiger partial charge >= 0.3 is 0 Å². The molecule has 0 spiro atoms. The zero-order chi connectivity index (χ0) is 24.0. The number of fused-ring (bicyclic) bond motifs is 1. The number of carbonyl (C=O) groups is 2. The van der Waals surface area contributed by atoms with E-state index in [1.807, 2.05) is 30.5 Å². The molecule has 2 aromatic carbocycles. The van der Waals surface area contributed by atoms with Crippen molar-refractivity contribution < 1.29 is 19.4 Å². The Hall–Kier alpha value is -2.74. The molecule has 0 saturated carbocycles. The third kappa shape index (κ3) is 6.63. The van der Waals surface area contributed by atoms with Gasteiger partial charge in [0.05, 0.1) is 5.02 Å². The van der Waals surface area contributed by atoms with E-state index in [0.29, 0.717) is 17.2 Å². The van der Waals surface area contributed by atoms with Gasteiger partial charge in [0.25, 0.3) is 0 Å². The number of hydrogen-bond donors (Lipinski definition) is 4. The number of H-pyrrole nitrogens is 1. The van der Waals surface area contributed by atoms with Gasteiger partial charge < -0.3 is 25.5 Å². The first kappa shape index (κ1) is 24.9. The molecule has 0 aliphatic rings. The summed E-state index contributed by atoms with van der Waals surface area (Å²) in [6, 6.07) is 11.9. The van der Waals surface area contributed by atoms with Gasteiger partial charge in [0.1, 0.15) is 29.5 Å². The monoisotopic (exact) mass is 491 g/mol. The summed E-state index contributed by atoms with van der Waals surface area (Å²) in [5, 5.41) is 17.4. The third-order valence-electron chi connectivity index (χ3n) is 5.12. The first-order valence-electron chi connectivity index (χ1n) is 10.6. The fourth-order valence-corrected chi connectivity index (χ4v) is 3.60. The van der Waals surface area contributed by atoms with Gasteiger partial charge in [0.15, 0.2) is 0 Å². The topological polar surface area (TPSA) is 103 Å². The zero-order valence-corrected chi connectivity index (χ0v) is 19.9. The van der Waals surface area contributed by atoms with Crippen molar-refractivity contribution in [2.24, 2.45) is 5.92 Å². The van der Waals surface area contributed by atoms with Crippen LogP contribution in [0.1, 0.15) is 19.4 Å². The van der Waals surface area contributed by atoms with Crippen LogP contribution in [0.15, 0.2) is 48.7 Å². The van der Waals surface area contributed by atoms with E-state index in [1.54, 1.807) is 32.0 Å². The van der Waals surface area contributed by atoms with Crippen molar-refractivity contribution in [1.29, 1.82) is 0 Å². The Balaban J connectivity index is 1.61. The molecule has 0 bridgehead atoms. The molecule has 0 aliphatic heterocycles. The second-order valence-corrected chi connectivity index (χ2v) is 8.83. The maximum atomic E-state index is 12.9. The van der Waals surface area contributed by atoms with E-state index in [0.717, 1.165) is 16.5 Å². The van der Waals surface area contributed by atoms with Gasteiger partial charge in [0.2, 0.25) is 11.8 Å². The smallest absolute Gasteiger partial charge is 0.243 e. The lowest BCUT2D eigenvalue weighted by Crippen LogP contribution is -2.50. The van der Waals surface area contributed by atoms with Gasteiger partial charge in [-0.05, 0) is 23.8 Å². The molecule has 1 heterocycles. The normalized spacial score (nSPS) is 13.0. The highest BCUT2D eigenvalue weighted by molar-refractivity contribution is 6.42. The number of aliphatic hydroxyl groups excluding tert-OH is 1. The number of nitrogens with one attached hydrogen (secondary N) is 3. The first-order valence-corrected chi connectivity index (χ1v) is 11.4. The van der Waals surface area contributed by atoms with Crippen LogP contribution in [0.25, 0.3) is 10.9 Å². The largest absolute Gasteiger partial charge is 0.489 e. The van der Waals surface area contributed by atoms with Crippen LogP contribution in [-0.2, 0) is 16.0 Å². The summed E-state index contributed by atoms with van der Waals surface area (Å²) in [6.07, 6.45) is 1.15. The Morgan fingerprint density at radius 2 is 1.85 bits per heavy atom. The minimum absolute atomic E-state index is 0.0566. The van der Waals surface area contributed by atoms with E-state index in [2.05, 4.69) is 15.6 Å². The van der Waals surface area contributed by atoms with Crippen LogP contribution in [0.2, 0.25) is 10.0 Å². The summed E-state index contributed by atoms with van der Waals surface area (Å²) in [5.74, 6) is -0.552. The van der Waals surface area contributed by atoms with E-state index in [1.165, 1.54) is 0 Å². The fourth-order valence-electron chi connectivity index (χ4n) is 3.25. The number of amides is 2. The molecule has 3 aromatic rings. The van der Waals surface area contributed by atoms with Crippen molar-refractivity contribution >= 4 is 45.9 Å². The van der Waals surface area contributed by atoms with Crippen LogP contribution < -0.4 is 15.4 Å². The van der Waals surface area contributed by atoms with Gasteiger partial charge in [-0.2, -0.15) is 0 Å². The fraction of sp³-hybridized carbons (Fsp3) is 0.333. The van der Waals surface area contributed by atoms with Gasteiger partial charge in [-0.15, -0.1) is 0 Å². The van der Waals surface area contributed by atoms with Crippen molar-refractivity contribution in [3.05, 3.63) is 64.3 Å². The second kappa shape index (κ2) is 11.4. The van der Waals surface area contributed by atoms with Crippen molar-refractivity contribution in [1.82, 2.24) is 15.6 Å². The lowest BCUT2D eigenvalue weighted by atomic mass is 10.0.